The summed E-state index contributed by atoms with van der Waals surface area (Å²) in [7, 11) is 0. The van der Waals surface area contributed by atoms with Crippen LogP contribution in [-0.2, 0) is 12.8 Å². The first-order chi connectivity index (χ1) is 7.75. The monoisotopic (exact) mass is 253 g/mol. The normalized spacial score (nSPS) is 20.1. The molecule has 1 fully saturated rings. The van der Waals surface area contributed by atoms with Crippen molar-refractivity contribution in [2.24, 2.45) is 5.73 Å². The third kappa shape index (κ3) is 2.93. The van der Waals surface area contributed by atoms with E-state index >= 15 is 0 Å². The number of aryl methyl sites for hydroxylation is 2. The Labute approximate surface area is 109 Å². The van der Waals surface area contributed by atoms with Gasteiger partial charge in [-0.25, -0.2) is 0 Å². The molecule has 0 aromatic heterocycles. The van der Waals surface area contributed by atoms with Crippen LogP contribution >= 0.6 is 12.4 Å². The quantitative estimate of drug-likeness (QED) is 0.899. The molecule has 2 nitrogen and oxygen atoms in total. The second-order valence-corrected chi connectivity index (χ2v) is 5.29. The van der Waals surface area contributed by atoms with Crippen molar-refractivity contribution in [1.29, 1.82) is 0 Å². The van der Waals surface area contributed by atoms with Gasteiger partial charge >= 0.3 is 0 Å². The lowest BCUT2D eigenvalue weighted by Crippen LogP contribution is -2.29. The minimum absolute atomic E-state index is 0. The van der Waals surface area contributed by atoms with Crippen molar-refractivity contribution >= 4 is 12.4 Å². The van der Waals surface area contributed by atoms with Gasteiger partial charge in [0.2, 0.25) is 0 Å². The lowest BCUT2D eigenvalue weighted by atomic mass is 9.92. The molecule has 17 heavy (non-hydrogen) atoms. The average molecular weight is 254 g/mol. The SMILES string of the molecule is Cl.NC1(COc2ccc3c(c2)CCCC3)CC1. The van der Waals surface area contributed by atoms with E-state index in [1.54, 1.807) is 0 Å². The average Bonchev–Trinajstić information content (AvgIpc) is 3.05. The molecule has 0 saturated heterocycles. The fourth-order valence-corrected chi connectivity index (χ4v) is 2.33. The molecular weight excluding hydrogens is 234 g/mol. The van der Waals surface area contributed by atoms with Crippen molar-refractivity contribution in [3.8, 4) is 5.75 Å². The lowest BCUT2D eigenvalue weighted by Gasteiger charge is -2.17. The Morgan fingerprint density at radius 2 is 1.82 bits per heavy atom. The van der Waals surface area contributed by atoms with Crippen LogP contribution in [0.3, 0.4) is 0 Å². The summed E-state index contributed by atoms with van der Waals surface area (Å²) in [5.74, 6) is 0.998. The van der Waals surface area contributed by atoms with Gasteiger partial charge in [-0.1, -0.05) is 6.07 Å². The van der Waals surface area contributed by atoms with E-state index in [0.29, 0.717) is 6.61 Å². The number of halogens is 1. The number of hydrogen-bond donors (Lipinski definition) is 1. The van der Waals surface area contributed by atoms with Crippen molar-refractivity contribution in [3.05, 3.63) is 29.3 Å². The second kappa shape index (κ2) is 4.87. The molecule has 0 spiro atoms. The topological polar surface area (TPSA) is 35.2 Å². The van der Waals surface area contributed by atoms with Crippen LogP contribution in [0.25, 0.3) is 0 Å². The zero-order chi connectivity index (χ0) is 11.0. The molecule has 2 N–H and O–H groups in total. The smallest absolute Gasteiger partial charge is 0.119 e. The summed E-state index contributed by atoms with van der Waals surface area (Å²) in [5.41, 5.74) is 8.97. The van der Waals surface area contributed by atoms with Crippen LogP contribution in [0.5, 0.6) is 5.75 Å². The highest BCUT2D eigenvalue weighted by Crippen LogP contribution is 2.33. The predicted octanol–water partition coefficient (Wildman–Crippen LogP) is 2.86. The molecule has 0 radical (unpaired) electrons. The molecule has 0 amide bonds. The summed E-state index contributed by atoms with van der Waals surface area (Å²) in [4.78, 5) is 0. The molecule has 1 saturated carbocycles. The van der Waals surface area contributed by atoms with Crippen molar-refractivity contribution in [2.75, 3.05) is 6.61 Å². The predicted molar refractivity (Wildman–Crippen MR) is 72.0 cm³/mol. The summed E-state index contributed by atoms with van der Waals surface area (Å²) in [6.07, 6.45) is 7.31. The number of rotatable bonds is 3. The summed E-state index contributed by atoms with van der Waals surface area (Å²) in [5, 5.41) is 0. The molecule has 3 heteroatoms. The number of hydrogen-bond acceptors (Lipinski definition) is 2. The highest BCUT2D eigenvalue weighted by atomic mass is 35.5. The molecule has 0 atom stereocenters. The van der Waals surface area contributed by atoms with Gasteiger partial charge in [0.25, 0.3) is 0 Å². The fraction of sp³-hybridized carbons (Fsp3) is 0.571. The largest absolute Gasteiger partial charge is 0.492 e. The number of benzene rings is 1. The van der Waals surface area contributed by atoms with E-state index in [2.05, 4.69) is 18.2 Å². The highest BCUT2D eigenvalue weighted by Gasteiger charge is 2.39. The Kier molecular flexibility index (Phi) is 3.64. The Hall–Kier alpha value is -0.730. The molecule has 2 aliphatic rings. The number of nitrogens with two attached hydrogens (primary N) is 1. The van der Waals surface area contributed by atoms with Gasteiger partial charge in [0.15, 0.2) is 0 Å². The van der Waals surface area contributed by atoms with Crippen LogP contribution in [0, 0.1) is 0 Å². The first kappa shape index (κ1) is 12.7. The molecule has 0 heterocycles. The molecule has 0 aliphatic heterocycles. The number of ether oxygens (including phenoxy) is 1. The van der Waals surface area contributed by atoms with E-state index in [-0.39, 0.29) is 17.9 Å². The first-order valence-electron chi connectivity index (χ1n) is 6.29. The summed E-state index contributed by atoms with van der Waals surface area (Å²) in [6.45, 7) is 0.672. The van der Waals surface area contributed by atoms with Gasteiger partial charge in [-0.2, -0.15) is 0 Å². The Morgan fingerprint density at radius 3 is 2.53 bits per heavy atom. The van der Waals surface area contributed by atoms with Crippen LogP contribution in [0.2, 0.25) is 0 Å². The summed E-state index contributed by atoms with van der Waals surface area (Å²) < 4.78 is 5.77. The van der Waals surface area contributed by atoms with E-state index in [1.807, 2.05) is 0 Å². The van der Waals surface area contributed by atoms with Gasteiger partial charge < -0.3 is 10.5 Å². The highest BCUT2D eigenvalue weighted by molar-refractivity contribution is 5.85. The molecule has 2 aliphatic carbocycles. The van der Waals surface area contributed by atoms with Crippen molar-refractivity contribution < 1.29 is 4.74 Å². The third-order valence-corrected chi connectivity index (χ3v) is 3.74. The first-order valence-corrected chi connectivity index (χ1v) is 6.29. The standard InChI is InChI=1S/C14H19NO.ClH/c15-14(7-8-14)10-16-13-6-5-11-3-1-2-4-12(11)9-13;/h5-6,9H,1-4,7-8,10,15H2;1H. The second-order valence-electron chi connectivity index (χ2n) is 5.29. The van der Waals surface area contributed by atoms with E-state index in [1.165, 1.54) is 36.8 Å². The number of fused-ring (bicyclic) bond motifs is 1. The zero-order valence-corrected chi connectivity index (χ0v) is 10.9. The third-order valence-electron chi connectivity index (χ3n) is 3.74. The maximum absolute atomic E-state index is 6.01. The van der Waals surface area contributed by atoms with Crippen LogP contribution < -0.4 is 10.5 Å². The molecule has 3 rings (SSSR count). The van der Waals surface area contributed by atoms with Crippen LogP contribution in [0.1, 0.15) is 36.8 Å². The van der Waals surface area contributed by atoms with Crippen molar-refractivity contribution in [2.45, 2.75) is 44.1 Å². The summed E-state index contributed by atoms with van der Waals surface area (Å²) >= 11 is 0. The summed E-state index contributed by atoms with van der Waals surface area (Å²) in [6, 6.07) is 6.52. The van der Waals surface area contributed by atoms with E-state index in [4.69, 9.17) is 10.5 Å². The molecule has 1 aromatic rings. The molecule has 1 aromatic carbocycles. The minimum Gasteiger partial charge on any atom is -0.492 e. The lowest BCUT2D eigenvalue weighted by molar-refractivity contribution is 0.279. The maximum atomic E-state index is 6.01. The van der Waals surface area contributed by atoms with E-state index in [0.717, 1.165) is 18.6 Å². The maximum Gasteiger partial charge on any atom is 0.119 e. The minimum atomic E-state index is -0.0180. The van der Waals surface area contributed by atoms with Crippen LogP contribution in [-0.4, -0.2) is 12.1 Å². The Balaban J connectivity index is 0.00000108. The van der Waals surface area contributed by atoms with Gasteiger partial charge in [-0.05, 0) is 61.8 Å². The molecular formula is C14H20ClNO. The van der Waals surface area contributed by atoms with Crippen LogP contribution in [0.4, 0.5) is 0 Å². The van der Waals surface area contributed by atoms with Gasteiger partial charge in [0.05, 0.1) is 5.54 Å². The Morgan fingerprint density at radius 1 is 1.12 bits per heavy atom. The fourth-order valence-electron chi connectivity index (χ4n) is 2.33. The van der Waals surface area contributed by atoms with Gasteiger partial charge in [0.1, 0.15) is 12.4 Å². The van der Waals surface area contributed by atoms with Crippen molar-refractivity contribution in [3.63, 3.8) is 0 Å². The molecule has 0 bridgehead atoms. The Bertz CT molecular complexity index is 401. The van der Waals surface area contributed by atoms with Gasteiger partial charge in [-0.15, -0.1) is 12.4 Å². The van der Waals surface area contributed by atoms with E-state index in [9.17, 15) is 0 Å². The molecule has 94 valence electrons. The zero-order valence-electron chi connectivity index (χ0n) is 10.1. The van der Waals surface area contributed by atoms with Gasteiger partial charge in [-0.3, -0.25) is 0 Å². The van der Waals surface area contributed by atoms with Crippen LogP contribution in [0.15, 0.2) is 18.2 Å². The van der Waals surface area contributed by atoms with E-state index < -0.39 is 0 Å². The van der Waals surface area contributed by atoms with Gasteiger partial charge in [0, 0.05) is 0 Å². The van der Waals surface area contributed by atoms with Crippen molar-refractivity contribution in [1.82, 2.24) is 0 Å². The molecule has 0 unspecified atom stereocenters.